The third-order valence-corrected chi connectivity index (χ3v) is 1.68. The third-order valence-electron chi connectivity index (χ3n) is 1.68. The van der Waals surface area contributed by atoms with E-state index in [1.54, 1.807) is 0 Å². The van der Waals surface area contributed by atoms with Gasteiger partial charge in [-0.2, -0.15) is 0 Å². The van der Waals surface area contributed by atoms with Crippen molar-refractivity contribution in [1.82, 2.24) is 0 Å². The van der Waals surface area contributed by atoms with Crippen molar-refractivity contribution in [2.24, 2.45) is 5.73 Å². The van der Waals surface area contributed by atoms with Crippen molar-refractivity contribution in [2.45, 2.75) is 20.3 Å². The molecule has 0 unspecified atom stereocenters. The van der Waals surface area contributed by atoms with Crippen LogP contribution in [-0.4, -0.2) is 19.8 Å². The molecule has 0 saturated carbocycles. The average molecular weight is 195 g/mol. The van der Waals surface area contributed by atoms with Crippen LogP contribution in [0.1, 0.15) is 19.4 Å². The topological polar surface area (TPSA) is 35.2 Å². The highest BCUT2D eigenvalue weighted by Gasteiger charge is 1.84. The number of rotatable bonds is 4. The molecule has 0 aliphatic rings. The van der Waals surface area contributed by atoms with Gasteiger partial charge in [0.05, 0.1) is 0 Å². The summed E-state index contributed by atoms with van der Waals surface area (Å²) < 4.78 is 4.83. The van der Waals surface area contributed by atoms with Crippen LogP contribution < -0.4 is 5.73 Å². The number of hydrogen-bond donors (Lipinski definition) is 1. The fraction of sp³-hybridized carbons (Fsp3) is 0.500. The van der Waals surface area contributed by atoms with Crippen molar-refractivity contribution >= 4 is 0 Å². The smallest absolute Gasteiger partial charge is 0.0437 e. The molecule has 14 heavy (non-hydrogen) atoms. The largest absolute Gasteiger partial charge is 0.382 e. The summed E-state index contributed by atoms with van der Waals surface area (Å²) in [6.07, 6.45) is 0.987. The van der Waals surface area contributed by atoms with E-state index < -0.39 is 0 Å². The molecule has 0 heterocycles. The van der Waals surface area contributed by atoms with Gasteiger partial charge < -0.3 is 10.5 Å². The zero-order valence-electron chi connectivity index (χ0n) is 9.20. The summed E-state index contributed by atoms with van der Waals surface area (Å²) in [5.41, 5.74) is 6.68. The Labute approximate surface area is 87.1 Å². The molecule has 2 N–H and O–H groups in total. The van der Waals surface area contributed by atoms with Crippen molar-refractivity contribution in [3.8, 4) is 0 Å². The normalized spacial score (nSPS) is 9.07. The van der Waals surface area contributed by atoms with Crippen molar-refractivity contribution < 1.29 is 4.74 Å². The van der Waals surface area contributed by atoms with Crippen LogP contribution in [0.4, 0.5) is 0 Å². The summed E-state index contributed by atoms with van der Waals surface area (Å²) >= 11 is 0. The standard InChI is InChI=1S/C8H11N.C4H10O/c9-7-6-8-4-2-1-3-5-8;1-3-5-4-2/h1-5H,6-7,9H2;3-4H2,1-2H3. The van der Waals surface area contributed by atoms with E-state index in [2.05, 4.69) is 12.1 Å². The van der Waals surface area contributed by atoms with Crippen LogP contribution >= 0.6 is 0 Å². The van der Waals surface area contributed by atoms with Crippen LogP contribution in [0.2, 0.25) is 0 Å². The Balaban J connectivity index is 0.000000292. The minimum atomic E-state index is 0.740. The minimum absolute atomic E-state index is 0.740. The molecule has 0 aliphatic carbocycles. The lowest BCUT2D eigenvalue weighted by atomic mass is 10.2. The van der Waals surface area contributed by atoms with E-state index in [0.29, 0.717) is 0 Å². The fourth-order valence-corrected chi connectivity index (χ4v) is 1.02. The molecular weight excluding hydrogens is 174 g/mol. The molecule has 2 nitrogen and oxygen atoms in total. The Kier molecular flexibility index (Phi) is 9.59. The Bertz CT molecular complexity index is 197. The fourth-order valence-electron chi connectivity index (χ4n) is 1.02. The van der Waals surface area contributed by atoms with Crippen molar-refractivity contribution in [3.05, 3.63) is 35.9 Å². The third kappa shape index (κ3) is 7.77. The van der Waals surface area contributed by atoms with Crippen LogP contribution in [0, 0.1) is 0 Å². The minimum Gasteiger partial charge on any atom is -0.382 e. The van der Waals surface area contributed by atoms with E-state index in [1.165, 1.54) is 5.56 Å². The van der Waals surface area contributed by atoms with Crippen LogP contribution in [0.3, 0.4) is 0 Å². The van der Waals surface area contributed by atoms with E-state index in [0.717, 1.165) is 26.2 Å². The summed E-state index contributed by atoms with van der Waals surface area (Å²) in [6.45, 7) is 6.41. The molecule has 0 radical (unpaired) electrons. The average Bonchev–Trinajstić information content (AvgIpc) is 2.22. The van der Waals surface area contributed by atoms with Crippen molar-refractivity contribution in [2.75, 3.05) is 19.8 Å². The molecule has 80 valence electrons. The molecule has 1 aromatic carbocycles. The van der Waals surface area contributed by atoms with Gasteiger partial charge in [-0.3, -0.25) is 0 Å². The first-order chi connectivity index (χ1) is 6.85. The van der Waals surface area contributed by atoms with Crippen LogP contribution in [0.5, 0.6) is 0 Å². The highest BCUT2D eigenvalue weighted by molar-refractivity contribution is 5.14. The summed E-state index contributed by atoms with van der Waals surface area (Å²) in [4.78, 5) is 0. The van der Waals surface area contributed by atoms with Gasteiger partial charge >= 0.3 is 0 Å². The predicted octanol–water partition coefficient (Wildman–Crippen LogP) is 2.23. The van der Waals surface area contributed by atoms with Crippen LogP contribution in [0.15, 0.2) is 30.3 Å². The zero-order chi connectivity index (χ0) is 10.6. The molecule has 0 aliphatic heterocycles. The van der Waals surface area contributed by atoms with Crippen LogP contribution in [-0.2, 0) is 11.2 Å². The summed E-state index contributed by atoms with van der Waals surface area (Å²) in [5.74, 6) is 0. The number of benzene rings is 1. The van der Waals surface area contributed by atoms with Gasteiger partial charge in [0.1, 0.15) is 0 Å². The van der Waals surface area contributed by atoms with E-state index in [-0.39, 0.29) is 0 Å². The maximum absolute atomic E-state index is 5.36. The Morgan fingerprint density at radius 3 is 2.00 bits per heavy atom. The zero-order valence-corrected chi connectivity index (χ0v) is 9.20. The molecule has 0 amide bonds. The second-order valence-electron chi connectivity index (χ2n) is 2.81. The van der Waals surface area contributed by atoms with Gasteiger partial charge in [-0.25, -0.2) is 0 Å². The summed E-state index contributed by atoms with van der Waals surface area (Å²) in [7, 11) is 0. The molecule has 1 rings (SSSR count). The summed E-state index contributed by atoms with van der Waals surface area (Å²) in [6, 6.07) is 10.3. The van der Waals surface area contributed by atoms with E-state index in [4.69, 9.17) is 10.5 Å². The number of nitrogens with two attached hydrogens (primary N) is 1. The Morgan fingerprint density at radius 2 is 1.64 bits per heavy atom. The van der Waals surface area contributed by atoms with Crippen LogP contribution in [0.25, 0.3) is 0 Å². The maximum Gasteiger partial charge on any atom is 0.0437 e. The van der Waals surface area contributed by atoms with Gasteiger partial charge in [-0.1, -0.05) is 30.3 Å². The maximum atomic E-state index is 5.36. The Morgan fingerprint density at radius 1 is 1.07 bits per heavy atom. The van der Waals surface area contributed by atoms with Gasteiger partial charge in [0.15, 0.2) is 0 Å². The lowest BCUT2D eigenvalue weighted by Crippen LogP contribution is -2.01. The lowest BCUT2D eigenvalue weighted by molar-refractivity contribution is 0.162. The van der Waals surface area contributed by atoms with Gasteiger partial charge in [0, 0.05) is 13.2 Å². The second-order valence-corrected chi connectivity index (χ2v) is 2.81. The molecule has 0 fully saturated rings. The molecular formula is C12H21NO. The first-order valence-electron chi connectivity index (χ1n) is 5.16. The number of ether oxygens (including phenoxy) is 1. The molecule has 1 aromatic rings. The highest BCUT2D eigenvalue weighted by Crippen LogP contribution is 1.96. The lowest BCUT2D eigenvalue weighted by Gasteiger charge is -1.93. The molecule has 0 spiro atoms. The molecule has 0 aromatic heterocycles. The molecule has 0 saturated heterocycles. The van der Waals surface area contributed by atoms with Gasteiger partial charge in [0.25, 0.3) is 0 Å². The van der Waals surface area contributed by atoms with Gasteiger partial charge in [0.2, 0.25) is 0 Å². The SMILES string of the molecule is CCOCC.NCCc1ccccc1. The highest BCUT2D eigenvalue weighted by atomic mass is 16.5. The van der Waals surface area contributed by atoms with E-state index in [1.807, 2.05) is 32.0 Å². The summed E-state index contributed by atoms with van der Waals surface area (Å²) in [5, 5.41) is 0. The quantitative estimate of drug-likeness (QED) is 0.799. The monoisotopic (exact) mass is 195 g/mol. The predicted molar refractivity (Wildman–Crippen MR) is 61.4 cm³/mol. The van der Waals surface area contributed by atoms with E-state index in [9.17, 15) is 0 Å². The Hall–Kier alpha value is -0.860. The van der Waals surface area contributed by atoms with Gasteiger partial charge in [-0.05, 0) is 32.4 Å². The first-order valence-corrected chi connectivity index (χ1v) is 5.16. The first kappa shape index (κ1) is 13.1. The molecule has 0 atom stereocenters. The van der Waals surface area contributed by atoms with Crippen molar-refractivity contribution in [1.29, 1.82) is 0 Å². The second kappa shape index (κ2) is 10.2. The number of hydrogen-bond acceptors (Lipinski definition) is 2. The molecule has 0 bridgehead atoms. The van der Waals surface area contributed by atoms with Crippen molar-refractivity contribution in [3.63, 3.8) is 0 Å². The molecule has 2 heteroatoms. The van der Waals surface area contributed by atoms with E-state index >= 15 is 0 Å². The van der Waals surface area contributed by atoms with Gasteiger partial charge in [-0.15, -0.1) is 0 Å².